The van der Waals surface area contributed by atoms with Crippen LogP contribution >= 0.6 is 0 Å². The van der Waals surface area contributed by atoms with Crippen molar-refractivity contribution in [2.24, 2.45) is 4.99 Å². The standard InChI is InChI=1S/C34H41N5O5S/c1-5-45(40)39-18-16-38(17-19-39)15-8-20-43-33-22-29-28(21-32(33)42-4)34(25(23-35-2)24-36-29)37-26-11-13-27(14-12-26)44-31-10-7-6-9-30(31)41-3/h6-7,9-14,21-24H,5,8,15-20H2,1-4H3,(H,36,37). The van der Waals surface area contributed by atoms with Gasteiger partial charge in [0.1, 0.15) is 5.75 Å². The van der Waals surface area contributed by atoms with Gasteiger partial charge in [-0.15, -0.1) is 0 Å². The summed E-state index contributed by atoms with van der Waals surface area (Å²) < 4.78 is 37.5. The molecular weight excluding hydrogens is 590 g/mol. The third-order valence-electron chi connectivity index (χ3n) is 7.61. The highest BCUT2D eigenvalue weighted by molar-refractivity contribution is 7.82. The molecule has 0 saturated carbocycles. The number of aliphatic imine (C=N–C) groups is 1. The van der Waals surface area contributed by atoms with E-state index in [1.54, 1.807) is 33.7 Å². The van der Waals surface area contributed by atoms with Crippen LogP contribution in [0, 0.1) is 0 Å². The van der Waals surface area contributed by atoms with Crippen molar-refractivity contribution < 1.29 is 23.2 Å². The van der Waals surface area contributed by atoms with E-state index in [1.807, 2.05) is 67.6 Å². The number of anilines is 2. The van der Waals surface area contributed by atoms with E-state index in [-0.39, 0.29) is 0 Å². The molecule has 10 nitrogen and oxygen atoms in total. The predicted molar refractivity (Wildman–Crippen MR) is 181 cm³/mol. The van der Waals surface area contributed by atoms with Gasteiger partial charge in [0.25, 0.3) is 0 Å². The highest BCUT2D eigenvalue weighted by Gasteiger charge is 2.20. The van der Waals surface area contributed by atoms with Crippen molar-refractivity contribution in [2.45, 2.75) is 13.3 Å². The summed E-state index contributed by atoms with van der Waals surface area (Å²) in [5, 5.41) is 4.43. The lowest BCUT2D eigenvalue weighted by molar-refractivity contribution is 0.177. The molecule has 1 aliphatic heterocycles. The number of fused-ring (bicyclic) bond motifs is 1. The number of aromatic nitrogens is 1. The highest BCUT2D eigenvalue weighted by atomic mass is 32.2. The number of rotatable bonds is 14. The Kier molecular flexibility index (Phi) is 11.2. The van der Waals surface area contributed by atoms with Crippen molar-refractivity contribution in [1.82, 2.24) is 14.2 Å². The van der Waals surface area contributed by atoms with Gasteiger partial charge in [0, 0.05) is 80.6 Å². The minimum absolute atomic E-state index is 0.554. The molecule has 0 amide bonds. The first-order valence-electron chi connectivity index (χ1n) is 15.1. The first-order valence-corrected chi connectivity index (χ1v) is 16.4. The zero-order valence-corrected chi connectivity index (χ0v) is 27.1. The quantitative estimate of drug-likeness (QED) is 0.136. The van der Waals surface area contributed by atoms with Gasteiger partial charge in [-0.05, 0) is 48.9 Å². The first-order chi connectivity index (χ1) is 22.0. The monoisotopic (exact) mass is 631 g/mol. The van der Waals surface area contributed by atoms with Crippen molar-refractivity contribution in [3.05, 3.63) is 72.4 Å². The summed E-state index contributed by atoms with van der Waals surface area (Å²) in [4.78, 5) is 11.4. The van der Waals surface area contributed by atoms with Gasteiger partial charge in [0.05, 0.1) is 43.0 Å². The van der Waals surface area contributed by atoms with E-state index in [4.69, 9.17) is 23.9 Å². The van der Waals surface area contributed by atoms with Crippen LogP contribution < -0.4 is 24.3 Å². The van der Waals surface area contributed by atoms with Crippen molar-refractivity contribution in [1.29, 1.82) is 0 Å². The van der Waals surface area contributed by atoms with Crippen LogP contribution in [0.2, 0.25) is 0 Å². The van der Waals surface area contributed by atoms with E-state index >= 15 is 0 Å². The molecule has 0 radical (unpaired) electrons. The van der Waals surface area contributed by atoms with E-state index in [0.29, 0.717) is 41.1 Å². The molecule has 0 bridgehead atoms. The summed E-state index contributed by atoms with van der Waals surface area (Å²) >= 11 is 0. The number of ether oxygens (including phenoxy) is 4. The van der Waals surface area contributed by atoms with Gasteiger partial charge in [0.2, 0.25) is 0 Å². The molecule has 1 aromatic heterocycles. The number of methoxy groups -OCH3 is 2. The number of benzene rings is 3. The second-order valence-electron chi connectivity index (χ2n) is 10.5. The van der Waals surface area contributed by atoms with Gasteiger partial charge in [-0.1, -0.05) is 19.1 Å². The SMILES string of the molecule is CCS(=O)N1CCN(CCCOc2cc3ncc(C=NC)c(Nc4ccc(Oc5ccccc5OC)cc4)c3cc2OC)CC1. The molecule has 1 unspecified atom stereocenters. The summed E-state index contributed by atoms with van der Waals surface area (Å²) in [6.07, 6.45) is 4.46. The summed E-state index contributed by atoms with van der Waals surface area (Å²) in [7, 11) is 4.15. The zero-order valence-electron chi connectivity index (χ0n) is 26.3. The smallest absolute Gasteiger partial charge is 0.169 e. The molecule has 11 heteroatoms. The maximum Gasteiger partial charge on any atom is 0.169 e. The van der Waals surface area contributed by atoms with Crippen LogP contribution in [0.4, 0.5) is 11.4 Å². The van der Waals surface area contributed by atoms with Crippen LogP contribution in [0.5, 0.6) is 28.7 Å². The van der Waals surface area contributed by atoms with Gasteiger partial charge in [0.15, 0.2) is 23.0 Å². The van der Waals surface area contributed by atoms with Crippen LogP contribution in [-0.2, 0) is 11.0 Å². The summed E-state index contributed by atoms with van der Waals surface area (Å²) in [5.41, 5.74) is 3.36. The Hall–Kier alpha value is -4.19. The Balaban J connectivity index is 1.28. The van der Waals surface area contributed by atoms with E-state index in [2.05, 4.69) is 19.5 Å². The normalized spacial score (nSPS) is 14.8. The number of hydrogen-bond donors (Lipinski definition) is 1. The molecule has 0 aliphatic carbocycles. The van der Waals surface area contributed by atoms with Crippen LogP contribution in [0.25, 0.3) is 10.9 Å². The Bertz CT molecular complexity index is 1620. The molecule has 1 N–H and O–H groups in total. The van der Waals surface area contributed by atoms with Crippen molar-refractivity contribution in [2.75, 3.05) is 71.7 Å². The first kappa shape index (κ1) is 32.2. The fourth-order valence-electron chi connectivity index (χ4n) is 5.25. The van der Waals surface area contributed by atoms with Crippen LogP contribution in [0.1, 0.15) is 18.9 Å². The minimum atomic E-state index is -0.860. The Morgan fingerprint density at radius 1 is 0.956 bits per heavy atom. The molecule has 5 rings (SSSR count). The Labute approximate surface area is 267 Å². The topological polar surface area (TPSA) is 97.8 Å². The second kappa shape index (κ2) is 15.7. The second-order valence-corrected chi connectivity index (χ2v) is 12.2. The minimum Gasteiger partial charge on any atom is -0.493 e. The molecule has 1 aliphatic rings. The average Bonchev–Trinajstić information content (AvgIpc) is 3.08. The Morgan fingerprint density at radius 2 is 1.69 bits per heavy atom. The summed E-state index contributed by atoms with van der Waals surface area (Å²) in [6.45, 7) is 6.97. The number of piperazine rings is 1. The van der Waals surface area contributed by atoms with Gasteiger partial charge in [-0.25, -0.2) is 8.51 Å². The summed E-state index contributed by atoms with van der Waals surface area (Å²) in [6, 6.07) is 19.2. The van der Waals surface area contributed by atoms with Gasteiger partial charge < -0.3 is 29.2 Å². The van der Waals surface area contributed by atoms with Crippen molar-refractivity contribution >= 4 is 39.5 Å². The van der Waals surface area contributed by atoms with Crippen molar-refractivity contribution in [3.8, 4) is 28.7 Å². The lowest BCUT2D eigenvalue weighted by atomic mass is 10.1. The number of nitrogens with zero attached hydrogens (tertiary/aromatic N) is 4. The van der Waals surface area contributed by atoms with Gasteiger partial charge in [-0.2, -0.15) is 0 Å². The van der Waals surface area contributed by atoms with Crippen molar-refractivity contribution in [3.63, 3.8) is 0 Å². The number of pyridine rings is 1. The average molecular weight is 632 g/mol. The molecule has 2 heterocycles. The van der Waals surface area contributed by atoms with Crippen LogP contribution in [-0.4, -0.2) is 91.0 Å². The zero-order chi connectivity index (χ0) is 31.6. The van der Waals surface area contributed by atoms with Gasteiger partial charge >= 0.3 is 0 Å². The maximum absolute atomic E-state index is 12.1. The lowest BCUT2D eigenvalue weighted by Gasteiger charge is -2.33. The third-order valence-corrected chi connectivity index (χ3v) is 9.05. The highest BCUT2D eigenvalue weighted by Crippen LogP contribution is 2.38. The van der Waals surface area contributed by atoms with E-state index in [9.17, 15) is 4.21 Å². The fraction of sp³-hybridized carbons (Fsp3) is 0.353. The number of hydrogen-bond acceptors (Lipinski definition) is 9. The van der Waals surface area contributed by atoms with Crippen LogP contribution in [0.3, 0.4) is 0 Å². The predicted octanol–water partition coefficient (Wildman–Crippen LogP) is 5.91. The van der Waals surface area contributed by atoms with E-state index < -0.39 is 11.0 Å². The lowest BCUT2D eigenvalue weighted by Crippen LogP contribution is -2.47. The maximum atomic E-state index is 12.1. The molecule has 45 heavy (non-hydrogen) atoms. The number of para-hydroxylation sites is 2. The fourth-order valence-corrected chi connectivity index (χ4v) is 6.19. The molecule has 1 atom stereocenters. The molecule has 1 saturated heterocycles. The Morgan fingerprint density at radius 3 is 2.38 bits per heavy atom. The number of nitrogens with one attached hydrogen (secondary N) is 1. The van der Waals surface area contributed by atoms with Gasteiger partial charge in [-0.3, -0.25) is 9.98 Å². The molecule has 238 valence electrons. The largest absolute Gasteiger partial charge is 0.493 e. The molecule has 1 fully saturated rings. The molecule has 0 spiro atoms. The van der Waals surface area contributed by atoms with Crippen LogP contribution in [0.15, 0.2) is 71.9 Å². The molecular formula is C34H41N5O5S. The van der Waals surface area contributed by atoms with E-state index in [1.165, 1.54) is 0 Å². The van der Waals surface area contributed by atoms with E-state index in [0.717, 1.165) is 67.0 Å². The molecule has 4 aromatic rings. The summed E-state index contributed by atoms with van der Waals surface area (Å²) in [5.74, 6) is 3.98. The third kappa shape index (κ3) is 8.10. The molecule has 3 aromatic carbocycles.